The predicted molar refractivity (Wildman–Crippen MR) is 124 cm³/mol. The predicted octanol–water partition coefficient (Wildman–Crippen LogP) is 2.08. The molecule has 0 aromatic heterocycles. The van der Waals surface area contributed by atoms with Gasteiger partial charge >= 0.3 is 6.03 Å². The van der Waals surface area contributed by atoms with Gasteiger partial charge in [-0.2, -0.15) is 0 Å². The Morgan fingerprint density at radius 3 is 2.46 bits per heavy atom. The largest absolute Gasteiger partial charge is 0.357 e. The molecule has 1 atom stereocenters. The van der Waals surface area contributed by atoms with E-state index in [0.29, 0.717) is 31.2 Å². The molecule has 1 fully saturated rings. The molecule has 0 spiro atoms. The first kappa shape index (κ1) is 24.5. The number of benzene rings is 1. The van der Waals surface area contributed by atoms with Gasteiger partial charge in [0.25, 0.3) is 0 Å². The van der Waals surface area contributed by atoms with Crippen LogP contribution < -0.4 is 21.3 Å². The van der Waals surface area contributed by atoms with E-state index in [2.05, 4.69) is 26.3 Å². The number of aliphatic imine (C=N–C) groups is 1. The highest BCUT2D eigenvalue weighted by molar-refractivity contribution is 14.0. The summed E-state index contributed by atoms with van der Waals surface area (Å²) >= 11 is 0. The average molecular weight is 523 g/mol. The Morgan fingerprint density at radius 1 is 1.25 bits per heavy atom. The summed E-state index contributed by atoms with van der Waals surface area (Å²) in [6.45, 7) is 6.91. The lowest BCUT2D eigenvalue weighted by Gasteiger charge is -2.15. The van der Waals surface area contributed by atoms with Crippen molar-refractivity contribution in [2.24, 2.45) is 4.99 Å². The molecule has 1 aromatic carbocycles. The number of hydrogen-bond acceptors (Lipinski definition) is 4. The normalized spacial score (nSPS) is 18.3. The lowest BCUT2D eigenvalue weighted by molar-refractivity contribution is 0.250. The highest BCUT2D eigenvalue weighted by Crippen LogP contribution is 2.12. The number of halogens is 1. The van der Waals surface area contributed by atoms with Gasteiger partial charge in [0.05, 0.1) is 18.1 Å². The Bertz CT molecular complexity index is 766. The van der Waals surface area contributed by atoms with Gasteiger partial charge in [-0.05, 0) is 44.9 Å². The molecule has 2 amide bonds. The van der Waals surface area contributed by atoms with E-state index in [1.807, 2.05) is 45.0 Å². The molecule has 158 valence electrons. The number of carbonyl (C=O) groups excluding carboxylic acids is 1. The van der Waals surface area contributed by atoms with Crippen molar-refractivity contribution in [2.75, 3.05) is 23.4 Å². The molecule has 1 aromatic rings. The minimum atomic E-state index is -2.93. The number of nitrogens with one attached hydrogen (secondary N) is 4. The molecule has 2 rings (SSSR count). The van der Waals surface area contributed by atoms with Gasteiger partial charge in [-0.15, -0.1) is 24.0 Å². The maximum Gasteiger partial charge on any atom is 0.319 e. The summed E-state index contributed by atoms with van der Waals surface area (Å²) < 4.78 is 23.2. The van der Waals surface area contributed by atoms with Crippen molar-refractivity contribution < 1.29 is 13.2 Å². The first-order valence-corrected chi connectivity index (χ1v) is 11.0. The number of sulfone groups is 1. The van der Waals surface area contributed by atoms with E-state index >= 15 is 0 Å². The number of amides is 2. The molecule has 0 saturated carbocycles. The highest BCUT2D eigenvalue weighted by Gasteiger charge is 2.28. The lowest BCUT2D eigenvalue weighted by Crippen LogP contribution is -2.44. The number of nitrogens with zero attached hydrogens (tertiary/aromatic N) is 1. The van der Waals surface area contributed by atoms with Crippen LogP contribution in [0.2, 0.25) is 0 Å². The van der Waals surface area contributed by atoms with Crippen molar-refractivity contribution in [3.63, 3.8) is 0 Å². The summed E-state index contributed by atoms with van der Waals surface area (Å²) in [5.41, 5.74) is 1.70. The van der Waals surface area contributed by atoms with Crippen molar-refractivity contribution in [1.29, 1.82) is 0 Å². The van der Waals surface area contributed by atoms with E-state index in [-0.39, 0.29) is 53.6 Å². The number of rotatable bonds is 6. The van der Waals surface area contributed by atoms with Gasteiger partial charge < -0.3 is 21.3 Å². The number of carbonyl (C=O) groups is 1. The Morgan fingerprint density at radius 2 is 1.93 bits per heavy atom. The Kier molecular flexibility index (Phi) is 10.0. The number of guanidine groups is 1. The van der Waals surface area contributed by atoms with Gasteiger partial charge in [-0.1, -0.05) is 12.1 Å². The Balaban J connectivity index is 0.00000392. The molecule has 1 aliphatic heterocycles. The van der Waals surface area contributed by atoms with Crippen molar-refractivity contribution in [3.05, 3.63) is 29.8 Å². The van der Waals surface area contributed by atoms with Crippen LogP contribution in [0.1, 0.15) is 32.8 Å². The Labute approximate surface area is 184 Å². The van der Waals surface area contributed by atoms with E-state index in [9.17, 15) is 13.2 Å². The second kappa shape index (κ2) is 11.4. The minimum Gasteiger partial charge on any atom is -0.357 e. The molecule has 0 aliphatic carbocycles. The van der Waals surface area contributed by atoms with Crippen molar-refractivity contribution in [3.8, 4) is 0 Å². The zero-order valence-electron chi connectivity index (χ0n) is 16.5. The van der Waals surface area contributed by atoms with Crippen LogP contribution >= 0.6 is 24.0 Å². The van der Waals surface area contributed by atoms with E-state index in [1.165, 1.54) is 0 Å². The van der Waals surface area contributed by atoms with Crippen molar-refractivity contribution in [2.45, 2.75) is 45.8 Å². The van der Waals surface area contributed by atoms with Crippen molar-refractivity contribution >= 4 is 51.5 Å². The fourth-order valence-electron chi connectivity index (χ4n) is 2.72. The summed E-state index contributed by atoms with van der Waals surface area (Å²) in [4.78, 5) is 16.2. The number of urea groups is 1. The van der Waals surface area contributed by atoms with E-state index in [4.69, 9.17) is 0 Å². The molecular weight excluding hydrogens is 493 g/mol. The van der Waals surface area contributed by atoms with Crippen LogP contribution in [0.5, 0.6) is 0 Å². The quantitative estimate of drug-likeness (QED) is 0.259. The van der Waals surface area contributed by atoms with Gasteiger partial charge in [0.1, 0.15) is 0 Å². The van der Waals surface area contributed by atoms with Crippen LogP contribution in [-0.4, -0.2) is 50.5 Å². The second-order valence-corrected chi connectivity index (χ2v) is 9.12. The molecule has 8 nitrogen and oxygen atoms in total. The lowest BCUT2D eigenvalue weighted by atomic mass is 10.2. The summed E-state index contributed by atoms with van der Waals surface area (Å²) in [5.74, 6) is 0.984. The molecule has 1 saturated heterocycles. The fourth-order valence-corrected chi connectivity index (χ4v) is 4.39. The third kappa shape index (κ3) is 8.63. The maximum atomic E-state index is 11.7. The first-order chi connectivity index (χ1) is 12.8. The van der Waals surface area contributed by atoms with Gasteiger partial charge in [0.2, 0.25) is 0 Å². The summed E-state index contributed by atoms with van der Waals surface area (Å²) in [5, 5.41) is 11.9. The van der Waals surface area contributed by atoms with Crippen molar-refractivity contribution in [1.82, 2.24) is 16.0 Å². The SMILES string of the molecule is CCNC(=NCc1ccc(NC(=O)NC(C)C)cc1)NC1CCS(=O)(=O)C1.I. The molecule has 10 heteroatoms. The summed E-state index contributed by atoms with van der Waals surface area (Å²) in [7, 11) is -2.93. The summed E-state index contributed by atoms with van der Waals surface area (Å²) in [6.07, 6.45) is 0.603. The molecule has 0 radical (unpaired) electrons. The van der Waals surface area contributed by atoms with E-state index in [0.717, 1.165) is 5.56 Å². The number of hydrogen-bond donors (Lipinski definition) is 4. The average Bonchev–Trinajstić information content (AvgIpc) is 2.92. The third-order valence-corrected chi connectivity index (χ3v) is 5.74. The molecule has 1 unspecified atom stereocenters. The smallest absolute Gasteiger partial charge is 0.319 e. The topological polar surface area (TPSA) is 112 Å². The molecular formula is C18H30IN5O3S. The molecule has 0 bridgehead atoms. The van der Waals surface area contributed by atoms with Crippen LogP contribution in [0.25, 0.3) is 0 Å². The molecule has 4 N–H and O–H groups in total. The first-order valence-electron chi connectivity index (χ1n) is 9.19. The standard InChI is InChI=1S/C18H29N5O3S.HI/c1-4-19-17(22-16-9-10-27(25,26)12-16)20-11-14-5-7-15(8-6-14)23-18(24)21-13(2)3;/h5-8,13,16H,4,9-12H2,1-3H3,(H2,19,20,22)(H2,21,23,24);1H. The van der Waals surface area contributed by atoms with E-state index < -0.39 is 9.84 Å². The van der Waals surface area contributed by atoms with Crippen LogP contribution in [0.4, 0.5) is 10.5 Å². The zero-order chi connectivity index (χ0) is 19.9. The highest BCUT2D eigenvalue weighted by atomic mass is 127. The molecule has 1 heterocycles. The molecule has 1 aliphatic rings. The Hall–Kier alpha value is -1.56. The fraction of sp³-hybridized carbons (Fsp3) is 0.556. The third-order valence-electron chi connectivity index (χ3n) is 3.97. The van der Waals surface area contributed by atoms with Gasteiger partial charge in [-0.3, -0.25) is 0 Å². The monoisotopic (exact) mass is 523 g/mol. The zero-order valence-corrected chi connectivity index (χ0v) is 19.6. The minimum absolute atomic E-state index is 0. The summed E-state index contributed by atoms with van der Waals surface area (Å²) in [6, 6.07) is 7.20. The van der Waals surface area contributed by atoms with Crippen LogP contribution in [0.15, 0.2) is 29.3 Å². The van der Waals surface area contributed by atoms with E-state index in [1.54, 1.807) is 0 Å². The van der Waals surface area contributed by atoms with Gasteiger partial charge in [0.15, 0.2) is 15.8 Å². The van der Waals surface area contributed by atoms with Gasteiger partial charge in [-0.25, -0.2) is 18.2 Å². The maximum absolute atomic E-state index is 11.7. The van der Waals surface area contributed by atoms with Crippen LogP contribution in [0.3, 0.4) is 0 Å². The van der Waals surface area contributed by atoms with Crippen LogP contribution in [0, 0.1) is 0 Å². The second-order valence-electron chi connectivity index (χ2n) is 6.89. The number of anilines is 1. The molecule has 28 heavy (non-hydrogen) atoms. The van der Waals surface area contributed by atoms with Crippen LogP contribution in [-0.2, 0) is 16.4 Å². The van der Waals surface area contributed by atoms with Gasteiger partial charge in [0, 0.05) is 24.3 Å².